The molecular weight excluding hydrogens is 272 g/mol. The highest BCUT2D eigenvalue weighted by atomic mass is 32.2. The normalized spacial score (nSPS) is 11.9. The lowest BCUT2D eigenvalue weighted by molar-refractivity contribution is 0.0939. The van der Waals surface area contributed by atoms with Crippen molar-refractivity contribution in [2.45, 2.75) is 17.9 Å². The third-order valence-electron chi connectivity index (χ3n) is 3.01. The van der Waals surface area contributed by atoms with Gasteiger partial charge < -0.3 is 10.3 Å². The molecule has 2 N–H and O–H groups in total. The summed E-state index contributed by atoms with van der Waals surface area (Å²) >= 11 is 1.68. The summed E-state index contributed by atoms with van der Waals surface area (Å²) in [6, 6.07) is 10.8. The molecule has 0 aliphatic carbocycles. The molecule has 1 atom stereocenters. The van der Waals surface area contributed by atoms with Crippen molar-refractivity contribution in [3.8, 4) is 0 Å². The molecule has 1 aromatic heterocycles. The van der Waals surface area contributed by atoms with Crippen molar-refractivity contribution in [2.24, 2.45) is 0 Å². The number of carbonyl (C=O) groups excluding carboxylic acids is 1. The van der Waals surface area contributed by atoms with Gasteiger partial charge >= 0.3 is 0 Å². The molecule has 0 radical (unpaired) electrons. The summed E-state index contributed by atoms with van der Waals surface area (Å²) in [7, 11) is 0. The van der Waals surface area contributed by atoms with E-state index in [0.29, 0.717) is 5.56 Å². The zero-order valence-electron chi connectivity index (χ0n) is 11.3. The standard InChI is InChI=1S/C15H16N2O2S/c1-10(11-3-6-13(20-2)7-4-11)17-15(19)12-5-8-14(18)16-9-12/h3-10H,1-2H3,(H,16,18)(H,17,19)/t10-/m1/s1. The van der Waals surface area contributed by atoms with Gasteiger partial charge in [-0.25, -0.2) is 0 Å². The third kappa shape index (κ3) is 3.51. The van der Waals surface area contributed by atoms with Gasteiger partial charge in [0.15, 0.2) is 0 Å². The van der Waals surface area contributed by atoms with Crippen LogP contribution < -0.4 is 10.9 Å². The van der Waals surface area contributed by atoms with Gasteiger partial charge in [0.25, 0.3) is 5.91 Å². The molecule has 0 saturated carbocycles. The lowest BCUT2D eigenvalue weighted by atomic mass is 10.1. The first kappa shape index (κ1) is 14.4. The number of hydrogen-bond acceptors (Lipinski definition) is 3. The number of nitrogens with one attached hydrogen (secondary N) is 2. The number of aromatic amines is 1. The number of thioether (sulfide) groups is 1. The van der Waals surface area contributed by atoms with Crippen molar-refractivity contribution in [3.05, 3.63) is 64.1 Å². The minimum atomic E-state index is -0.220. The molecule has 4 nitrogen and oxygen atoms in total. The van der Waals surface area contributed by atoms with Crippen LogP contribution in [0.1, 0.15) is 28.9 Å². The van der Waals surface area contributed by atoms with Gasteiger partial charge in [0.05, 0.1) is 11.6 Å². The van der Waals surface area contributed by atoms with Gasteiger partial charge in [0.2, 0.25) is 5.56 Å². The lowest BCUT2D eigenvalue weighted by Gasteiger charge is -2.14. The fourth-order valence-electron chi connectivity index (χ4n) is 1.81. The van der Waals surface area contributed by atoms with Gasteiger partial charge in [-0.05, 0) is 36.9 Å². The van der Waals surface area contributed by atoms with Crippen LogP contribution in [0.4, 0.5) is 0 Å². The van der Waals surface area contributed by atoms with Crippen molar-refractivity contribution >= 4 is 17.7 Å². The summed E-state index contributed by atoms with van der Waals surface area (Å²) in [4.78, 5) is 26.7. The van der Waals surface area contributed by atoms with E-state index in [4.69, 9.17) is 0 Å². The Morgan fingerprint density at radius 1 is 1.20 bits per heavy atom. The Balaban J connectivity index is 2.06. The van der Waals surface area contributed by atoms with Crippen LogP contribution in [0, 0.1) is 0 Å². The van der Waals surface area contributed by atoms with Crippen LogP contribution in [0.15, 0.2) is 52.3 Å². The summed E-state index contributed by atoms with van der Waals surface area (Å²) in [6.07, 6.45) is 3.44. The summed E-state index contributed by atoms with van der Waals surface area (Å²) in [5.41, 5.74) is 1.26. The molecule has 0 aliphatic rings. The van der Waals surface area contributed by atoms with E-state index in [-0.39, 0.29) is 17.5 Å². The topological polar surface area (TPSA) is 62.0 Å². The fourth-order valence-corrected chi connectivity index (χ4v) is 2.22. The number of rotatable bonds is 4. The van der Waals surface area contributed by atoms with E-state index in [1.54, 1.807) is 11.8 Å². The molecular formula is C15H16N2O2S. The molecule has 0 bridgehead atoms. The minimum Gasteiger partial charge on any atom is -0.345 e. The maximum atomic E-state index is 12.0. The highest BCUT2D eigenvalue weighted by Gasteiger charge is 2.11. The van der Waals surface area contributed by atoms with Crippen LogP contribution in [0.25, 0.3) is 0 Å². The highest BCUT2D eigenvalue weighted by molar-refractivity contribution is 7.98. The zero-order chi connectivity index (χ0) is 14.5. The van der Waals surface area contributed by atoms with Gasteiger partial charge in [-0.3, -0.25) is 9.59 Å². The number of pyridine rings is 1. The number of aromatic nitrogens is 1. The molecule has 0 aliphatic heterocycles. The van der Waals surface area contributed by atoms with Gasteiger partial charge in [-0.15, -0.1) is 11.8 Å². The van der Waals surface area contributed by atoms with E-state index >= 15 is 0 Å². The van der Waals surface area contributed by atoms with Crippen molar-refractivity contribution in [3.63, 3.8) is 0 Å². The predicted molar refractivity (Wildman–Crippen MR) is 81.2 cm³/mol. The third-order valence-corrected chi connectivity index (χ3v) is 3.75. The molecule has 1 aromatic carbocycles. The lowest BCUT2D eigenvalue weighted by Crippen LogP contribution is -2.27. The van der Waals surface area contributed by atoms with E-state index < -0.39 is 0 Å². The SMILES string of the molecule is CSc1ccc([C@@H](C)NC(=O)c2ccc(=O)[nH]c2)cc1. The molecule has 5 heteroatoms. The fraction of sp³-hybridized carbons (Fsp3) is 0.200. The van der Waals surface area contributed by atoms with Crippen LogP contribution in [0.2, 0.25) is 0 Å². The first-order valence-electron chi connectivity index (χ1n) is 6.23. The maximum absolute atomic E-state index is 12.0. The molecule has 1 amide bonds. The molecule has 1 heterocycles. The second kappa shape index (κ2) is 6.43. The number of carbonyl (C=O) groups is 1. The van der Waals surface area contributed by atoms with Crippen LogP contribution in [-0.4, -0.2) is 17.1 Å². The van der Waals surface area contributed by atoms with Gasteiger partial charge in [-0.2, -0.15) is 0 Å². The Bertz CT molecular complexity index is 629. The molecule has 2 aromatic rings. The summed E-state index contributed by atoms with van der Waals surface area (Å²) in [5.74, 6) is -0.206. The van der Waals surface area contributed by atoms with Crippen molar-refractivity contribution in [1.82, 2.24) is 10.3 Å². The summed E-state index contributed by atoms with van der Waals surface area (Å²) < 4.78 is 0. The molecule has 20 heavy (non-hydrogen) atoms. The number of hydrogen-bond donors (Lipinski definition) is 2. The maximum Gasteiger partial charge on any atom is 0.253 e. The number of H-pyrrole nitrogens is 1. The van der Waals surface area contributed by atoms with E-state index in [1.807, 2.05) is 37.4 Å². The Morgan fingerprint density at radius 2 is 1.90 bits per heavy atom. The average Bonchev–Trinajstić information content (AvgIpc) is 2.48. The van der Waals surface area contributed by atoms with Crippen molar-refractivity contribution in [2.75, 3.05) is 6.26 Å². The smallest absolute Gasteiger partial charge is 0.253 e. The van der Waals surface area contributed by atoms with Crippen LogP contribution >= 0.6 is 11.8 Å². The van der Waals surface area contributed by atoms with Crippen LogP contribution in [-0.2, 0) is 0 Å². The molecule has 0 unspecified atom stereocenters. The van der Waals surface area contributed by atoms with E-state index in [9.17, 15) is 9.59 Å². The summed E-state index contributed by atoms with van der Waals surface area (Å²) in [6.45, 7) is 1.93. The van der Waals surface area contributed by atoms with Gasteiger partial charge in [-0.1, -0.05) is 12.1 Å². The highest BCUT2D eigenvalue weighted by Crippen LogP contribution is 2.19. The molecule has 0 spiro atoms. The second-order valence-electron chi connectivity index (χ2n) is 4.41. The predicted octanol–water partition coefficient (Wildman–Crippen LogP) is 2.59. The first-order valence-corrected chi connectivity index (χ1v) is 7.46. The zero-order valence-corrected chi connectivity index (χ0v) is 12.2. The van der Waals surface area contributed by atoms with Gasteiger partial charge in [0, 0.05) is 17.2 Å². The molecule has 2 rings (SSSR count). The monoisotopic (exact) mass is 288 g/mol. The Labute approximate surface area is 121 Å². The van der Waals surface area contributed by atoms with Crippen molar-refractivity contribution < 1.29 is 4.79 Å². The molecule has 104 valence electrons. The first-order chi connectivity index (χ1) is 9.60. The van der Waals surface area contributed by atoms with Crippen LogP contribution in [0.5, 0.6) is 0 Å². The largest absolute Gasteiger partial charge is 0.345 e. The quantitative estimate of drug-likeness (QED) is 0.850. The Morgan fingerprint density at radius 3 is 2.45 bits per heavy atom. The molecule has 0 saturated heterocycles. The number of amides is 1. The average molecular weight is 288 g/mol. The van der Waals surface area contributed by atoms with E-state index in [1.165, 1.54) is 23.2 Å². The summed E-state index contributed by atoms with van der Waals surface area (Å²) in [5, 5.41) is 2.90. The van der Waals surface area contributed by atoms with E-state index in [2.05, 4.69) is 10.3 Å². The second-order valence-corrected chi connectivity index (χ2v) is 5.29. The Hall–Kier alpha value is -2.01. The number of benzene rings is 1. The van der Waals surface area contributed by atoms with Gasteiger partial charge in [0.1, 0.15) is 0 Å². The molecule has 0 fully saturated rings. The van der Waals surface area contributed by atoms with Crippen molar-refractivity contribution in [1.29, 1.82) is 0 Å². The van der Waals surface area contributed by atoms with Crippen LogP contribution in [0.3, 0.4) is 0 Å². The van der Waals surface area contributed by atoms with E-state index in [0.717, 1.165) is 5.56 Å². The Kier molecular flexibility index (Phi) is 4.63. The minimum absolute atomic E-state index is 0.0923.